The van der Waals surface area contributed by atoms with Gasteiger partial charge in [-0.15, -0.1) is 0 Å². The first-order valence-electron chi connectivity index (χ1n) is 9.61. The molecule has 0 N–H and O–H groups in total. The minimum atomic E-state index is -0.512. The summed E-state index contributed by atoms with van der Waals surface area (Å²) < 4.78 is 12.6. The van der Waals surface area contributed by atoms with Crippen LogP contribution >= 0.6 is 23.2 Å². The lowest BCUT2D eigenvalue weighted by molar-refractivity contribution is -0.212. The Labute approximate surface area is 175 Å². The molecule has 1 spiro atoms. The molecular weight excluding hydrogens is 395 g/mol. The highest BCUT2D eigenvalue weighted by Crippen LogP contribution is 2.52. The van der Waals surface area contributed by atoms with E-state index in [1.807, 2.05) is 18.2 Å². The zero-order valence-electron chi connectivity index (χ0n) is 15.9. The van der Waals surface area contributed by atoms with Gasteiger partial charge in [-0.05, 0) is 32.0 Å². The average molecular weight is 417 g/mol. The smallest absolute Gasteiger partial charge is 0.203 e. The highest BCUT2D eigenvalue weighted by atomic mass is 35.5. The lowest BCUT2D eigenvalue weighted by Crippen LogP contribution is -2.60. The van der Waals surface area contributed by atoms with E-state index in [2.05, 4.69) is 37.1 Å². The number of hydrazone groups is 1. The molecule has 0 bridgehead atoms. The fraction of sp³-hybridized carbons (Fsp3) is 0.409. The first-order chi connectivity index (χ1) is 13.4. The van der Waals surface area contributed by atoms with Crippen molar-refractivity contribution in [2.24, 2.45) is 5.10 Å². The van der Waals surface area contributed by atoms with Gasteiger partial charge in [0.25, 0.3) is 0 Å². The quantitative estimate of drug-likeness (QED) is 0.586. The second kappa shape index (κ2) is 6.38. The summed E-state index contributed by atoms with van der Waals surface area (Å²) in [7, 11) is 0. The molecule has 0 amide bonds. The normalized spacial score (nSPS) is 27.8. The fourth-order valence-corrected chi connectivity index (χ4v) is 5.21. The molecular formula is C22H22Cl2N2O2. The third-order valence-electron chi connectivity index (χ3n) is 5.84. The van der Waals surface area contributed by atoms with Crippen molar-refractivity contribution >= 4 is 28.9 Å². The number of para-hydroxylation sites is 1. The minimum Gasteiger partial charge on any atom is -0.466 e. The Kier molecular flexibility index (Phi) is 4.17. The van der Waals surface area contributed by atoms with Gasteiger partial charge in [0.1, 0.15) is 5.75 Å². The zero-order valence-corrected chi connectivity index (χ0v) is 17.4. The standard InChI is InChI=1S/C22H22Cl2N2O2/c1-21(2)13-22(9-10-27-21)26-19(16-5-3-4-6-20(16)28-22)12-18(25-26)15-8-7-14(23)11-17(15)24/h3-8,11,19H,9-10,12-13H2,1-2H3/t19?,22-/m1/s1. The van der Waals surface area contributed by atoms with Crippen molar-refractivity contribution in [3.63, 3.8) is 0 Å². The van der Waals surface area contributed by atoms with E-state index in [-0.39, 0.29) is 11.6 Å². The van der Waals surface area contributed by atoms with Crippen molar-refractivity contribution in [3.05, 3.63) is 63.6 Å². The Hall–Kier alpha value is -1.75. The van der Waals surface area contributed by atoms with Crippen LogP contribution in [0.15, 0.2) is 47.6 Å². The molecule has 5 rings (SSSR count). The van der Waals surface area contributed by atoms with E-state index in [0.29, 0.717) is 16.7 Å². The molecule has 3 heterocycles. The highest BCUT2D eigenvalue weighted by Gasteiger charge is 2.54. The SMILES string of the molecule is CC1(C)C[C@@]2(CCO1)Oc1ccccc1C1CC(c3ccc(Cl)cc3Cl)=NN12. The van der Waals surface area contributed by atoms with Gasteiger partial charge in [0.15, 0.2) is 0 Å². The number of fused-ring (bicyclic) bond motifs is 4. The number of halogens is 2. The summed E-state index contributed by atoms with van der Waals surface area (Å²) in [5.74, 6) is 0.945. The Balaban J connectivity index is 1.62. The fourth-order valence-electron chi connectivity index (χ4n) is 4.69. The van der Waals surface area contributed by atoms with Gasteiger partial charge < -0.3 is 9.47 Å². The molecule has 28 heavy (non-hydrogen) atoms. The van der Waals surface area contributed by atoms with Crippen LogP contribution in [0.4, 0.5) is 0 Å². The topological polar surface area (TPSA) is 34.1 Å². The molecule has 4 nitrogen and oxygen atoms in total. The summed E-state index contributed by atoms with van der Waals surface area (Å²) in [6.07, 6.45) is 2.30. The largest absolute Gasteiger partial charge is 0.466 e. The van der Waals surface area contributed by atoms with Crippen LogP contribution in [0, 0.1) is 0 Å². The summed E-state index contributed by atoms with van der Waals surface area (Å²) in [5, 5.41) is 8.47. The van der Waals surface area contributed by atoms with E-state index in [1.54, 1.807) is 6.07 Å². The van der Waals surface area contributed by atoms with Crippen molar-refractivity contribution in [1.82, 2.24) is 5.01 Å². The van der Waals surface area contributed by atoms with Gasteiger partial charge in [-0.1, -0.05) is 47.5 Å². The van der Waals surface area contributed by atoms with Gasteiger partial charge in [-0.25, -0.2) is 5.01 Å². The van der Waals surface area contributed by atoms with E-state index >= 15 is 0 Å². The lowest BCUT2D eigenvalue weighted by atomic mass is 9.86. The van der Waals surface area contributed by atoms with Crippen molar-refractivity contribution in [2.45, 2.75) is 50.5 Å². The monoisotopic (exact) mass is 416 g/mol. The molecule has 0 aliphatic carbocycles. The molecule has 3 aliphatic heterocycles. The van der Waals surface area contributed by atoms with Crippen LogP contribution in [-0.4, -0.2) is 28.7 Å². The third-order valence-corrected chi connectivity index (χ3v) is 6.38. The van der Waals surface area contributed by atoms with Crippen LogP contribution in [0.5, 0.6) is 5.75 Å². The summed E-state index contributed by atoms with van der Waals surface area (Å²) in [4.78, 5) is 0. The van der Waals surface area contributed by atoms with Gasteiger partial charge in [-0.2, -0.15) is 5.10 Å². The minimum absolute atomic E-state index is 0.126. The summed E-state index contributed by atoms with van der Waals surface area (Å²) in [6, 6.07) is 14.0. The summed E-state index contributed by atoms with van der Waals surface area (Å²) in [6.45, 7) is 4.87. The zero-order chi connectivity index (χ0) is 19.5. The van der Waals surface area contributed by atoms with Crippen molar-refractivity contribution in [3.8, 4) is 5.75 Å². The third kappa shape index (κ3) is 2.90. The molecule has 0 radical (unpaired) electrons. The molecule has 2 atom stereocenters. The van der Waals surface area contributed by atoms with Crippen molar-refractivity contribution < 1.29 is 9.47 Å². The summed E-state index contributed by atoms with van der Waals surface area (Å²) in [5.41, 5.74) is 2.28. The molecule has 1 unspecified atom stereocenters. The molecule has 2 aromatic carbocycles. The number of benzene rings is 2. The average Bonchev–Trinajstić information content (AvgIpc) is 3.07. The number of hydrogen-bond acceptors (Lipinski definition) is 4. The van der Waals surface area contributed by atoms with E-state index in [1.165, 1.54) is 5.56 Å². The maximum absolute atomic E-state index is 6.63. The van der Waals surface area contributed by atoms with Crippen LogP contribution in [0.3, 0.4) is 0 Å². The Morgan fingerprint density at radius 1 is 1.14 bits per heavy atom. The number of hydrogen-bond donors (Lipinski definition) is 0. The molecule has 1 saturated heterocycles. The van der Waals surface area contributed by atoms with Gasteiger partial charge >= 0.3 is 0 Å². The van der Waals surface area contributed by atoms with Crippen LogP contribution in [-0.2, 0) is 4.74 Å². The lowest BCUT2D eigenvalue weighted by Gasteiger charge is -2.52. The predicted molar refractivity (Wildman–Crippen MR) is 111 cm³/mol. The second-order valence-corrected chi connectivity index (χ2v) is 9.20. The Bertz CT molecular complexity index is 975. The van der Waals surface area contributed by atoms with Gasteiger partial charge in [0.05, 0.1) is 29.0 Å². The van der Waals surface area contributed by atoms with Gasteiger partial charge in [0.2, 0.25) is 5.72 Å². The Morgan fingerprint density at radius 3 is 2.75 bits per heavy atom. The number of ether oxygens (including phenoxy) is 2. The van der Waals surface area contributed by atoms with E-state index in [9.17, 15) is 0 Å². The van der Waals surface area contributed by atoms with Crippen molar-refractivity contribution in [2.75, 3.05) is 6.61 Å². The predicted octanol–water partition coefficient (Wildman–Crippen LogP) is 5.82. The maximum Gasteiger partial charge on any atom is 0.203 e. The molecule has 6 heteroatoms. The van der Waals surface area contributed by atoms with Gasteiger partial charge in [-0.3, -0.25) is 0 Å². The van der Waals surface area contributed by atoms with E-state index < -0.39 is 5.72 Å². The molecule has 2 aromatic rings. The molecule has 1 fully saturated rings. The van der Waals surface area contributed by atoms with Crippen LogP contribution in [0.1, 0.15) is 50.3 Å². The second-order valence-electron chi connectivity index (χ2n) is 8.36. The first-order valence-corrected chi connectivity index (χ1v) is 10.4. The van der Waals surface area contributed by atoms with E-state index in [4.69, 9.17) is 37.8 Å². The van der Waals surface area contributed by atoms with Crippen LogP contribution in [0.25, 0.3) is 0 Å². The Morgan fingerprint density at radius 2 is 1.96 bits per heavy atom. The highest BCUT2D eigenvalue weighted by molar-refractivity contribution is 6.37. The van der Waals surface area contributed by atoms with E-state index in [0.717, 1.165) is 36.3 Å². The van der Waals surface area contributed by atoms with Crippen LogP contribution < -0.4 is 4.74 Å². The maximum atomic E-state index is 6.63. The molecule has 0 aromatic heterocycles. The molecule has 146 valence electrons. The summed E-state index contributed by atoms with van der Waals surface area (Å²) >= 11 is 12.6. The molecule has 0 saturated carbocycles. The number of nitrogens with zero attached hydrogens (tertiary/aromatic N) is 2. The van der Waals surface area contributed by atoms with Crippen LogP contribution in [0.2, 0.25) is 10.0 Å². The number of rotatable bonds is 1. The molecule has 3 aliphatic rings. The van der Waals surface area contributed by atoms with Crippen molar-refractivity contribution in [1.29, 1.82) is 0 Å². The first kappa shape index (κ1) is 18.3. The van der Waals surface area contributed by atoms with Gasteiger partial charge in [0, 0.05) is 35.4 Å².